The van der Waals surface area contributed by atoms with Crippen LogP contribution in [0.5, 0.6) is 0 Å². The van der Waals surface area contributed by atoms with Crippen molar-refractivity contribution in [2.45, 2.75) is 69.4 Å². The van der Waals surface area contributed by atoms with Gasteiger partial charge >= 0.3 is 6.03 Å². The second-order valence-corrected chi connectivity index (χ2v) is 8.87. The third-order valence-corrected chi connectivity index (χ3v) is 6.60. The lowest BCUT2D eigenvalue weighted by molar-refractivity contribution is -0.134. The van der Waals surface area contributed by atoms with Crippen LogP contribution < -0.4 is 21.5 Å². The number of ether oxygens (including phenoxy) is 1. The van der Waals surface area contributed by atoms with E-state index in [-0.39, 0.29) is 36.3 Å². The molecule has 4 amide bonds. The summed E-state index contributed by atoms with van der Waals surface area (Å²) in [6, 6.07) is -0.187. The van der Waals surface area contributed by atoms with Crippen LogP contribution in [0.1, 0.15) is 57.8 Å². The van der Waals surface area contributed by atoms with E-state index in [0.29, 0.717) is 13.0 Å². The predicted molar refractivity (Wildman–Crippen MR) is 97.3 cm³/mol. The Kier molecular flexibility index (Phi) is 5.25. The lowest BCUT2D eigenvalue weighted by Crippen LogP contribution is -2.61. The molecule has 4 saturated carbocycles. The fraction of sp³-hybridized carbons (Fsp3) is 0.842. The van der Waals surface area contributed by atoms with Gasteiger partial charge in [0.2, 0.25) is 5.91 Å². The molecule has 4 bridgehead atoms. The molecule has 0 aromatic heterocycles. The maximum Gasteiger partial charge on any atom is 0.315 e. The molecule has 1 saturated heterocycles. The van der Waals surface area contributed by atoms with Gasteiger partial charge in [-0.2, -0.15) is 0 Å². The summed E-state index contributed by atoms with van der Waals surface area (Å²) in [6.45, 7) is 0.814. The average Bonchev–Trinajstić information content (AvgIpc) is 3.12. The predicted octanol–water partition coefficient (Wildman–Crippen LogP) is 0.971. The van der Waals surface area contributed by atoms with Crippen molar-refractivity contribution in [1.29, 1.82) is 0 Å². The number of nitrogens with one attached hydrogen (secondary N) is 4. The molecule has 1 atom stereocenters. The highest BCUT2D eigenvalue weighted by molar-refractivity contribution is 5.85. The highest BCUT2D eigenvalue weighted by Crippen LogP contribution is 2.55. The van der Waals surface area contributed by atoms with E-state index < -0.39 is 6.10 Å². The zero-order chi connectivity index (χ0) is 18.9. The van der Waals surface area contributed by atoms with Crippen LogP contribution in [-0.4, -0.2) is 42.6 Å². The summed E-state index contributed by atoms with van der Waals surface area (Å²) in [5.74, 6) is 1.66. The molecule has 27 heavy (non-hydrogen) atoms. The van der Waals surface area contributed by atoms with Crippen LogP contribution in [0.25, 0.3) is 0 Å². The monoisotopic (exact) mass is 378 g/mol. The van der Waals surface area contributed by atoms with Gasteiger partial charge in [0, 0.05) is 25.1 Å². The van der Waals surface area contributed by atoms with E-state index in [9.17, 15) is 14.4 Å². The smallest absolute Gasteiger partial charge is 0.315 e. The fourth-order valence-corrected chi connectivity index (χ4v) is 5.90. The Morgan fingerprint density at radius 1 is 0.963 bits per heavy atom. The molecule has 150 valence electrons. The minimum atomic E-state index is -0.477. The van der Waals surface area contributed by atoms with Crippen molar-refractivity contribution in [3.05, 3.63) is 0 Å². The number of urea groups is 1. The van der Waals surface area contributed by atoms with Crippen LogP contribution in [0.3, 0.4) is 0 Å². The summed E-state index contributed by atoms with van der Waals surface area (Å²) < 4.78 is 5.25. The van der Waals surface area contributed by atoms with Crippen molar-refractivity contribution >= 4 is 17.8 Å². The Morgan fingerprint density at radius 3 is 2.22 bits per heavy atom. The van der Waals surface area contributed by atoms with Gasteiger partial charge in [-0.15, -0.1) is 0 Å². The lowest BCUT2D eigenvalue weighted by Gasteiger charge is -2.56. The van der Waals surface area contributed by atoms with Gasteiger partial charge in [0.15, 0.2) is 0 Å². The molecule has 0 spiro atoms. The van der Waals surface area contributed by atoms with Gasteiger partial charge in [-0.3, -0.25) is 20.4 Å². The molecular formula is C19H30N4O4. The van der Waals surface area contributed by atoms with Crippen molar-refractivity contribution < 1.29 is 19.1 Å². The summed E-state index contributed by atoms with van der Waals surface area (Å²) in [7, 11) is 0. The second-order valence-electron chi connectivity index (χ2n) is 8.87. The number of carbonyl (C=O) groups is 3. The zero-order valence-electron chi connectivity index (χ0n) is 15.7. The fourth-order valence-electron chi connectivity index (χ4n) is 5.90. The van der Waals surface area contributed by atoms with E-state index in [1.807, 2.05) is 0 Å². The minimum absolute atomic E-state index is 0.0314. The number of hydrogen-bond acceptors (Lipinski definition) is 4. The molecule has 0 aromatic rings. The molecule has 8 nitrogen and oxygen atoms in total. The highest BCUT2D eigenvalue weighted by Gasteiger charge is 2.51. The van der Waals surface area contributed by atoms with E-state index in [1.54, 1.807) is 0 Å². The normalized spacial score (nSPS) is 36.3. The molecule has 0 radical (unpaired) electrons. The summed E-state index contributed by atoms with van der Waals surface area (Å²) in [5.41, 5.74) is 4.71. The van der Waals surface area contributed by atoms with E-state index in [2.05, 4.69) is 21.5 Å². The minimum Gasteiger partial charge on any atom is -0.368 e. The molecule has 5 aliphatic rings. The maximum absolute atomic E-state index is 12.3. The Hall–Kier alpha value is -1.83. The topological polar surface area (TPSA) is 109 Å². The largest absolute Gasteiger partial charge is 0.368 e. The molecule has 0 aromatic carbocycles. The molecule has 1 aliphatic heterocycles. The standard InChI is InChI=1S/C19H30N4O4/c24-16(22-23-17(25)15-2-1-5-27-15)3-4-20-18(26)21-19-9-12-6-13(10-19)8-14(7-12)11-19/h12-15H,1-11H2,(H,22,24)(H,23,25)(H2,20,21,26)/t12?,13?,14?,15-,19?/m1/s1. The van der Waals surface area contributed by atoms with Gasteiger partial charge in [-0.05, 0) is 69.1 Å². The van der Waals surface area contributed by atoms with E-state index in [0.717, 1.165) is 43.4 Å². The third kappa shape index (κ3) is 4.36. The Morgan fingerprint density at radius 2 is 1.63 bits per heavy atom. The number of rotatable bonds is 5. The average molecular weight is 378 g/mol. The molecule has 0 unspecified atom stereocenters. The van der Waals surface area contributed by atoms with Crippen molar-refractivity contribution in [3.8, 4) is 0 Å². The summed E-state index contributed by atoms with van der Waals surface area (Å²) >= 11 is 0. The Labute approximate surface area is 159 Å². The first-order chi connectivity index (χ1) is 13.0. The van der Waals surface area contributed by atoms with Gasteiger partial charge in [0.1, 0.15) is 6.10 Å². The van der Waals surface area contributed by atoms with Crippen LogP contribution >= 0.6 is 0 Å². The summed E-state index contributed by atoms with van der Waals surface area (Å²) in [4.78, 5) is 35.9. The molecule has 8 heteroatoms. The Bertz CT molecular complexity index is 567. The molecule has 4 aliphatic carbocycles. The molecular weight excluding hydrogens is 348 g/mol. The first-order valence-electron chi connectivity index (χ1n) is 10.3. The molecule has 1 heterocycles. The first kappa shape index (κ1) is 18.5. The Balaban J connectivity index is 1.14. The molecule has 5 rings (SSSR count). The van der Waals surface area contributed by atoms with Gasteiger partial charge in [0.25, 0.3) is 5.91 Å². The van der Waals surface area contributed by atoms with Crippen molar-refractivity contribution in [2.75, 3.05) is 13.2 Å². The van der Waals surface area contributed by atoms with Crippen LogP contribution in [0, 0.1) is 17.8 Å². The number of hydrogen-bond donors (Lipinski definition) is 4. The van der Waals surface area contributed by atoms with Gasteiger partial charge in [-0.25, -0.2) is 4.79 Å². The summed E-state index contributed by atoms with van der Waals surface area (Å²) in [5, 5.41) is 6.00. The van der Waals surface area contributed by atoms with Crippen molar-refractivity contribution in [2.24, 2.45) is 17.8 Å². The van der Waals surface area contributed by atoms with Gasteiger partial charge in [-0.1, -0.05) is 0 Å². The lowest BCUT2D eigenvalue weighted by atomic mass is 9.53. The second kappa shape index (κ2) is 7.66. The number of amides is 4. The van der Waals surface area contributed by atoms with Gasteiger partial charge in [0.05, 0.1) is 0 Å². The third-order valence-electron chi connectivity index (χ3n) is 6.60. The van der Waals surface area contributed by atoms with Crippen LogP contribution in [-0.2, 0) is 14.3 Å². The number of carbonyl (C=O) groups excluding carboxylic acids is 3. The van der Waals surface area contributed by atoms with E-state index in [1.165, 1.54) is 19.3 Å². The summed E-state index contributed by atoms with van der Waals surface area (Å²) in [6.07, 6.45) is 8.46. The van der Waals surface area contributed by atoms with Crippen LogP contribution in [0.2, 0.25) is 0 Å². The quantitative estimate of drug-likeness (QED) is 0.535. The van der Waals surface area contributed by atoms with Crippen molar-refractivity contribution in [1.82, 2.24) is 21.5 Å². The van der Waals surface area contributed by atoms with E-state index >= 15 is 0 Å². The molecule has 5 fully saturated rings. The van der Waals surface area contributed by atoms with Crippen LogP contribution in [0.4, 0.5) is 4.79 Å². The van der Waals surface area contributed by atoms with Gasteiger partial charge < -0.3 is 15.4 Å². The van der Waals surface area contributed by atoms with Crippen molar-refractivity contribution in [3.63, 3.8) is 0 Å². The maximum atomic E-state index is 12.3. The highest BCUT2D eigenvalue weighted by atomic mass is 16.5. The van der Waals surface area contributed by atoms with E-state index in [4.69, 9.17) is 4.74 Å². The number of hydrazine groups is 1. The first-order valence-corrected chi connectivity index (χ1v) is 10.3. The molecule has 4 N–H and O–H groups in total. The SMILES string of the molecule is O=C(CCNC(=O)NC12CC3CC(CC(C3)C1)C2)NNC(=O)[C@H]1CCCO1. The van der Waals surface area contributed by atoms with Crippen LogP contribution in [0.15, 0.2) is 0 Å². The zero-order valence-corrected chi connectivity index (χ0v) is 15.7.